The van der Waals surface area contributed by atoms with Gasteiger partial charge in [0.2, 0.25) is 0 Å². The van der Waals surface area contributed by atoms with Crippen LogP contribution < -0.4 is 9.64 Å². The van der Waals surface area contributed by atoms with Crippen molar-refractivity contribution in [1.82, 2.24) is 4.98 Å². The molecule has 0 radical (unpaired) electrons. The highest BCUT2D eigenvalue weighted by molar-refractivity contribution is 7.22. The van der Waals surface area contributed by atoms with Crippen molar-refractivity contribution in [1.29, 1.82) is 0 Å². The molecule has 0 spiro atoms. The Morgan fingerprint density at radius 1 is 1.06 bits per heavy atom. The molecule has 0 saturated carbocycles. The topological polar surface area (TPSA) is 100.0 Å². The summed E-state index contributed by atoms with van der Waals surface area (Å²) in [6, 6.07) is 12.3. The normalized spacial score (nSPS) is 17.2. The number of hydrogen-bond acceptors (Lipinski definition) is 7. The van der Waals surface area contributed by atoms with E-state index in [1.54, 1.807) is 12.1 Å². The van der Waals surface area contributed by atoms with Crippen molar-refractivity contribution in [2.24, 2.45) is 0 Å². The van der Waals surface area contributed by atoms with E-state index in [-0.39, 0.29) is 27.8 Å². The van der Waals surface area contributed by atoms with Crippen molar-refractivity contribution in [3.8, 4) is 11.5 Å². The van der Waals surface area contributed by atoms with Crippen LogP contribution in [0, 0.1) is 19.7 Å². The van der Waals surface area contributed by atoms with Crippen molar-refractivity contribution >= 4 is 44.1 Å². The highest BCUT2D eigenvalue weighted by Gasteiger charge is 2.48. The molecular formula is C27H21FN2O5S. The SMILES string of the molecule is COc1ccc(F)cc1/C(O)=C1\C(=O)C(=O)N(c2nc3cc(C)c(C)cc3s2)C1c1ccc(O)cc1. The molecule has 1 unspecified atom stereocenters. The number of nitrogens with zero attached hydrogens (tertiary/aromatic N) is 2. The molecule has 7 nitrogen and oxygen atoms in total. The summed E-state index contributed by atoms with van der Waals surface area (Å²) >= 11 is 1.25. The number of benzene rings is 3. The van der Waals surface area contributed by atoms with Gasteiger partial charge < -0.3 is 14.9 Å². The number of halogens is 1. The molecule has 1 aromatic heterocycles. The lowest BCUT2D eigenvalue weighted by molar-refractivity contribution is -0.132. The van der Waals surface area contributed by atoms with Gasteiger partial charge in [-0.2, -0.15) is 0 Å². The number of aromatic nitrogens is 1. The van der Waals surface area contributed by atoms with Gasteiger partial charge >= 0.3 is 5.91 Å². The molecular weight excluding hydrogens is 483 g/mol. The van der Waals surface area contributed by atoms with Gasteiger partial charge in [-0.25, -0.2) is 9.37 Å². The summed E-state index contributed by atoms with van der Waals surface area (Å²) in [5, 5.41) is 21.4. The number of thiazole rings is 1. The fourth-order valence-electron chi connectivity index (χ4n) is 4.28. The summed E-state index contributed by atoms with van der Waals surface area (Å²) in [7, 11) is 1.35. The summed E-state index contributed by atoms with van der Waals surface area (Å²) in [6.07, 6.45) is 0. The van der Waals surface area contributed by atoms with Crippen LogP contribution in [-0.2, 0) is 9.59 Å². The second-order valence-corrected chi connectivity index (χ2v) is 9.51. The van der Waals surface area contributed by atoms with E-state index in [9.17, 15) is 24.2 Å². The van der Waals surface area contributed by atoms with Gasteiger partial charge in [-0.15, -0.1) is 0 Å². The zero-order valence-corrected chi connectivity index (χ0v) is 20.4. The van der Waals surface area contributed by atoms with Crippen LogP contribution in [0.15, 0.2) is 60.2 Å². The Labute approximate surface area is 209 Å². The second kappa shape index (κ2) is 8.76. The Morgan fingerprint density at radius 2 is 1.75 bits per heavy atom. The number of phenols is 1. The minimum Gasteiger partial charge on any atom is -0.508 e. The summed E-state index contributed by atoms with van der Waals surface area (Å²) in [5.41, 5.74) is 2.94. The molecule has 4 aromatic rings. The average molecular weight is 505 g/mol. The van der Waals surface area contributed by atoms with Crippen molar-refractivity contribution in [3.05, 3.63) is 88.2 Å². The van der Waals surface area contributed by atoms with Crippen molar-refractivity contribution in [2.75, 3.05) is 12.0 Å². The number of aromatic hydroxyl groups is 1. The lowest BCUT2D eigenvalue weighted by Gasteiger charge is -2.23. The molecule has 3 aromatic carbocycles. The van der Waals surface area contributed by atoms with E-state index in [1.807, 2.05) is 26.0 Å². The number of aliphatic hydroxyl groups is 1. The van der Waals surface area contributed by atoms with Crippen molar-refractivity contribution < 1.29 is 28.9 Å². The van der Waals surface area contributed by atoms with Crippen LogP contribution in [0.4, 0.5) is 9.52 Å². The number of anilines is 1. The smallest absolute Gasteiger partial charge is 0.301 e. The zero-order valence-electron chi connectivity index (χ0n) is 19.6. The zero-order chi connectivity index (χ0) is 25.7. The van der Waals surface area contributed by atoms with Crippen LogP contribution in [0.2, 0.25) is 0 Å². The van der Waals surface area contributed by atoms with Crippen molar-refractivity contribution in [2.45, 2.75) is 19.9 Å². The first-order valence-electron chi connectivity index (χ1n) is 11.0. The Kier molecular flexibility index (Phi) is 5.72. The Hall–Kier alpha value is -4.24. The van der Waals surface area contributed by atoms with Crippen molar-refractivity contribution in [3.63, 3.8) is 0 Å². The van der Waals surface area contributed by atoms with Gasteiger partial charge in [0.1, 0.15) is 23.1 Å². The number of rotatable bonds is 4. The van der Waals surface area contributed by atoms with Gasteiger partial charge in [-0.05, 0) is 73.0 Å². The minimum atomic E-state index is -1.07. The van der Waals surface area contributed by atoms with E-state index >= 15 is 0 Å². The van der Waals surface area contributed by atoms with Gasteiger partial charge in [0.15, 0.2) is 5.13 Å². The molecule has 2 heterocycles. The number of hydrogen-bond donors (Lipinski definition) is 2. The van der Waals surface area contributed by atoms with Crippen LogP contribution in [-0.4, -0.2) is 34.0 Å². The maximum absolute atomic E-state index is 14.1. The molecule has 0 bridgehead atoms. The minimum absolute atomic E-state index is 0.00608. The third kappa shape index (κ3) is 3.77. The number of ketones is 1. The summed E-state index contributed by atoms with van der Waals surface area (Å²) in [6.45, 7) is 3.94. The molecule has 1 atom stereocenters. The van der Waals surface area contributed by atoms with E-state index < -0.39 is 29.3 Å². The highest BCUT2D eigenvalue weighted by atomic mass is 32.1. The molecule has 0 aliphatic carbocycles. The molecule has 1 aliphatic heterocycles. The number of Topliss-reactive ketones (excluding diaryl/α,β-unsaturated/α-hetero) is 1. The maximum atomic E-state index is 14.1. The monoisotopic (exact) mass is 504 g/mol. The van der Waals surface area contributed by atoms with Gasteiger partial charge in [0.25, 0.3) is 5.78 Å². The van der Waals surface area contributed by atoms with E-state index in [0.29, 0.717) is 11.1 Å². The number of fused-ring (bicyclic) bond motifs is 1. The third-order valence-corrected chi connectivity index (χ3v) is 7.29. The summed E-state index contributed by atoms with van der Waals surface area (Å²) < 4.78 is 20.2. The first-order valence-corrected chi connectivity index (χ1v) is 11.8. The number of aryl methyl sites for hydroxylation is 2. The molecule has 5 rings (SSSR count). The number of phenolic OH excluding ortho intramolecular Hbond substituents is 1. The molecule has 1 aliphatic rings. The first-order chi connectivity index (χ1) is 17.2. The largest absolute Gasteiger partial charge is 0.508 e. The lowest BCUT2D eigenvalue weighted by Crippen LogP contribution is -2.29. The van der Waals surface area contributed by atoms with E-state index in [0.717, 1.165) is 28.0 Å². The van der Waals surface area contributed by atoms with Gasteiger partial charge in [-0.1, -0.05) is 23.5 Å². The molecule has 36 heavy (non-hydrogen) atoms. The lowest BCUT2D eigenvalue weighted by atomic mass is 9.95. The quantitative estimate of drug-likeness (QED) is 0.220. The maximum Gasteiger partial charge on any atom is 0.301 e. The molecule has 182 valence electrons. The second-order valence-electron chi connectivity index (χ2n) is 8.51. The molecule has 1 fully saturated rings. The number of methoxy groups -OCH3 is 1. The van der Waals surface area contributed by atoms with Crippen LogP contribution in [0.5, 0.6) is 11.5 Å². The fraction of sp³-hybridized carbons (Fsp3) is 0.148. The highest BCUT2D eigenvalue weighted by Crippen LogP contribution is 2.45. The molecule has 9 heteroatoms. The van der Waals surface area contributed by atoms with Crippen LogP contribution >= 0.6 is 11.3 Å². The van der Waals surface area contributed by atoms with E-state index in [1.165, 1.54) is 41.5 Å². The predicted molar refractivity (Wildman–Crippen MR) is 135 cm³/mol. The Balaban J connectivity index is 1.76. The Morgan fingerprint density at radius 3 is 2.44 bits per heavy atom. The number of amides is 1. The number of ether oxygens (including phenoxy) is 1. The van der Waals surface area contributed by atoms with Crippen LogP contribution in [0.3, 0.4) is 0 Å². The van der Waals surface area contributed by atoms with Gasteiger partial charge in [0, 0.05) is 0 Å². The average Bonchev–Trinajstić information content (AvgIpc) is 3.37. The van der Waals surface area contributed by atoms with Gasteiger partial charge in [-0.3, -0.25) is 14.5 Å². The summed E-state index contributed by atoms with van der Waals surface area (Å²) in [4.78, 5) is 32.6. The fourth-order valence-corrected chi connectivity index (χ4v) is 5.36. The molecule has 2 N–H and O–H groups in total. The first kappa shape index (κ1) is 23.5. The van der Waals surface area contributed by atoms with Gasteiger partial charge in [0.05, 0.1) is 34.5 Å². The number of aliphatic hydroxyl groups excluding tert-OH is 1. The Bertz CT molecular complexity index is 1540. The molecule has 1 amide bonds. The number of carbonyl (C=O) groups is 2. The third-order valence-electron chi connectivity index (χ3n) is 6.27. The molecule has 1 saturated heterocycles. The van der Waals surface area contributed by atoms with Crippen LogP contribution in [0.1, 0.15) is 28.3 Å². The number of carbonyl (C=O) groups excluding carboxylic acids is 2. The standard InChI is InChI=1S/C27H21FN2O5S/c1-13-10-19-21(11-14(13)2)36-27(29-19)30-23(15-4-7-17(31)8-5-15)22(25(33)26(30)34)24(32)18-12-16(28)6-9-20(18)35-3/h4-12,23,31-32H,1-3H3/b24-22+. The van der Waals surface area contributed by atoms with E-state index in [4.69, 9.17) is 4.74 Å². The predicted octanol–water partition coefficient (Wildman–Crippen LogP) is 5.39. The summed E-state index contributed by atoms with van der Waals surface area (Å²) in [5.74, 6) is -2.91. The van der Waals surface area contributed by atoms with Crippen LogP contribution in [0.25, 0.3) is 16.0 Å². The van der Waals surface area contributed by atoms with E-state index in [2.05, 4.69) is 4.98 Å².